The molecule has 20 heteroatoms. The highest BCUT2D eigenvalue weighted by molar-refractivity contribution is 7.29. The Labute approximate surface area is 196 Å². The Kier molecular flexibility index (Phi) is 8.69. The van der Waals surface area contributed by atoms with Crippen molar-refractivity contribution in [1.29, 1.82) is 0 Å². The Bertz CT molecular complexity index is 820. The second-order valence-corrected chi connectivity index (χ2v) is 20.9. The molecule has 1 aliphatic heterocycles. The van der Waals surface area contributed by atoms with E-state index in [-0.39, 0.29) is 11.5 Å². The van der Waals surface area contributed by atoms with Gasteiger partial charge >= 0.3 is 41.7 Å². The Morgan fingerprint density at radius 3 is 1.64 bits per heavy atom. The minimum absolute atomic E-state index is 0.0848. The van der Waals surface area contributed by atoms with Crippen molar-refractivity contribution in [1.82, 2.24) is 4.90 Å². The quantitative estimate of drug-likeness (QED) is 0.266. The molecule has 0 aliphatic carbocycles. The van der Waals surface area contributed by atoms with Gasteiger partial charge in [0.2, 0.25) is 0 Å². The van der Waals surface area contributed by atoms with Gasteiger partial charge in [0, 0.05) is 19.8 Å². The van der Waals surface area contributed by atoms with Gasteiger partial charge in [0.25, 0.3) is 5.91 Å². The highest BCUT2D eigenvalue weighted by Crippen LogP contribution is 2.62. The molecule has 2 atom stereocenters. The molecule has 1 aliphatic rings. The van der Waals surface area contributed by atoms with Crippen molar-refractivity contribution in [2.75, 3.05) is 19.8 Å². The summed E-state index contributed by atoms with van der Waals surface area (Å²) in [7, 11) is -4.70. The van der Waals surface area contributed by atoms with Crippen LogP contribution in [0.5, 0.6) is 0 Å². The van der Waals surface area contributed by atoms with E-state index in [1.807, 2.05) is 0 Å². The van der Waals surface area contributed by atoms with Crippen molar-refractivity contribution in [3.8, 4) is 0 Å². The van der Waals surface area contributed by atoms with Crippen LogP contribution >= 0.6 is 0 Å². The summed E-state index contributed by atoms with van der Waals surface area (Å²) in [4.78, 5) is 11.7. The molecule has 1 fully saturated rings. The van der Waals surface area contributed by atoms with Gasteiger partial charge in [-0.2, -0.15) is 65.9 Å². The third-order valence-corrected chi connectivity index (χ3v) is 19.5. The zero-order valence-corrected chi connectivity index (χ0v) is 20.7. The maximum absolute atomic E-state index is 14.2. The summed E-state index contributed by atoms with van der Waals surface area (Å²) < 4.78 is 206. The van der Waals surface area contributed by atoms with Crippen LogP contribution in [0.4, 0.5) is 65.9 Å². The molecule has 0 N–H and O–H groups in total. The fourth-order valence-corrected chi connectivity index (χ4v) is 12.7. The van der Waals surface area contributed by atoms with E-state index in [2.05, 4.69) is 0 Å². The summed E-state index contributed by atoms with van der Waals surface area (Å²) in [5.41, 5.74) is 0. The van der Waals surface area contributed by atoms with Crippen LogP contribution in [0.15, 0.2) is 0 Å². The van der Waals surface area contributed by atoms with E-state index in [0.29, 0.717) is 25.9 Å². The smallest absolute Gasteiger partial charge is 0.418 e. The number of carbonyl (C=O) groups is 1. The first-order valence-corrected chi connectivity index (χ1v) is 16.3. The standard InChI is InChI=1S/C16H20F15NO2Si2/c1-32(8-36(3)34-6-4-5-7-35(36)2)9(33)10(17,18)11(19,20)12(21,22)13(23,24)14(25,26)15(27,28)16(29,30)31/h35H,4-8H2,1-3H3. The number of amides is 1. The van der Waals surface area contributed by atoms with Gasteiger partial charge in [-0.05, 0) is 13.0 Å². The van der Waals surface area contributed by atoms with Crippen LogP contribution < -0.4 is 0 Å². The fourth-order valence-electron chi connectivity index (χ4n) is 3.39. The van der Waals surface area contributed by atoms with E-state index in [4.69, 9.17) is 4.43 Å². The van der Waals surface area contributed by atoms with Crippen LogP contribution in [-0.4, -0.2) is 88.5 Å². The van der Waals surface area contributed by atoms with Crippen molar-refractivity contribution in [3.05, 3.63) is 0 Å². The van der Waals surface area contributed by atoms with Gasteiger partial charge in [0.05, 0.1) is 8.31 Å². The Morgan fingerprint density at radius 2 is 1.19 bits per heavy atom. The lowest BCUT2D eigenvalue weighted by Gasteiger charge is -2.42. The normalized spacial score (nSPS) is 23.9. The van der Waals surface area contributed by atoms with E-state index >= 15 is 0 Å². The maximum Gasteiger partial charge on any atom is 0.460 e. The number of rotatable bonds is 8. The molecule has 0 aromatic carbocycles. The molecular formula is C16H20F15NO2Si2. The van der Waals surface area contributed by atoms with Crippen molar-refractivity contribution >= 4 is 22.1 Å². The zero-order valence-electron chi connectivity index (χ0n) is 18.5. The van der Waals surface area contributed by atoms with Crippen LogP contribution in [0.2, 0.25) is 19.1 Å². The van der Waals surface area contributed by atoms with Crippen molar-refractivity contribution in [3.63, 3.8) is 0 Å². The van der Waals surface area contributed by atoms with E-state index in [9.17, 15) is 70.7 Å². The number of hydrogen-bond donors (Lipinski definition) is 0. The van der Waals surface area contributed by atoms with Crippen molar-refractivity contribution in [2.45, 2.75) is 73.7 Å². The summed E-state index contributed by atoms with van der Waals surface area (Å²) in [6.07, 6.45) is -7.35. The summed E-state index contributed by atoms with van der Waals surface area (Å²) >= 11 is 0. The minimum atomic E-state index is -8.42. The highest BCUT2D eigenvalue weighted by Gasteiger charge is 2.94. The van der Waals surface area contributed by atoms with Gasteiger partial charge in [0.15, 0.2) is 7.83 Å². The molecule has 1 saturated heterocycles. The molecule has 3 nitrogen and oxygen atoms in total. The number of halogens is 15. The van der Waals surface area contributed by atoms with Gasteiger partial charge in [0.1, 0.15) is 0 Å². The first-order chi connectivity index (χ1) is 15.7. The van der Waals surface area contributed by atoms with E-state index in [0.717, 1.165) is 0 Å². The van der Waals surface area contributed by atoms with Crippen LogP contribution in [0, 0.1) is 0 Å². The molecule has 0 aromatic rings. The largest absolute Gasteiger partial charge is 0.460 e. The third kappa shape index (κ3) is 4.84. The highest BCUT2D eigenvalue weighted by atomic mass is 29.2. The lowest BCUT2D eigenvalue weighted by atomic mass is 9.90. The van der Waals surface area contributed by atoms with Gasteiger partial charge in [-0.1, -0.05) is 19.0 Å². The van der Waals surface area contributed by atoms with E-state index < -0.39 is 69.9 Å². The van der Waals surface area contributed by atoms with Crippen LogP contribution in [0.1, 0.15) is 12.8 Å². The summed E-state index contributed by atoms with van der Waals surface area (Å²) in [6, 6.07) is 0.560. The molecule has 0 radical (unpaired) electrons. The van der Waals surface area contributed by atoms with Crippen LogP contribution in [0.3, 0.4) is 0 Å². The summed E-state index contributed by atoms with van der Waals surface area (Å²) in [5, 5.41) is 0. The molecule has 214 valence electrons. The molecule has 0 spiro atoms. The average molecular weight is 599 g/mol. The molecular weight excluding hydrogens is 579 g/mol. The van der Waals surface area contributed by atoms with E-state index in [1.165, 1.54) is 6.55 Å². The number of hydrogen-bond acceptors (Lipinski definition) is 2. The fraction of sp³-hybridized carbons (Fsp3) is 0.938. The Hall–Kier alpha value is -1.19. The van der Waals surface area contributed by atoms with Crippen molar-refractivity contribution in [2.24, 2.45) is 0 Å². The maximum atomic E-state index is 14.2. The number of carbonyl (C=O) groups excluding carboxylic acids is 1. The van der Waals surface area contributed by atoms with E-state index in [1.54, 1.807) is 6.55 Å². The predicted molar refractivity (Wildman–Crippen MR) is 98.0 cm³/mol. The Morgan fingerprint density at radius 1 is 0.778 bits per heavy atom. The molecule has 2 unspecified atom stereocenters. The summed E-state index contributed by atoms with van der Waals surface area (Å²) in [6.45, 7) is 3.18. The zero-order chi connectivity index (χ0) is 29.0. The molecule has 0 saturated carbocycles. The average Bonchev–Trinajstić information content (AvgIpc) is 2.86. The molecule has 0 bridgehead atoms. The number of nitrogens with zero attached hydrogens (tertiary/aromatic N) is 1. The van der Waals surface area contributed by atoms with Gasteiger partial charge in [-0.3, -0.25) is 4.79 Å². The number of alkyl halides is 15. The second kappa shape index (κ2) is 9.53. The van der Waals surface area contributed by atoms with Crippen LogP contribution in [0.25, 0.3) is 0 Å². The molecule has 1 heterocycles. The minimum Gasteiger partial charge on any atom is -0.418 e. The summed E-state index contributed by atoms with van der Waals surface area (Å²) in [5.74, 6) is -51.2. The topological polar surface area (TPSA) is 29.5 Å². The molecule has 36 heavy (non-hydrogen) atoms. The lowest BCUT2D eigenvalue weighted by molar-refractivity contribution is -0.449. The van der Waals surface area contributed by atoms with Crippen LogP contribution in [-0.2, 0) is 9.22 Å². The predicted octanol–water partition coefficient (Wildman–Crippen LogP) is 5.68. The molecule has 0 aromatic heterocycles. The first kappa shape index (κ1) is 32.8. The second-order valence-electron chi connectivity index (χ2n) is 8.66. The molecule has 1 rings (SSSR count). The monoisotopic (exact) mass is 599 g/mol. The van der Waals surface area contributed by atoms with Gasteiger partial charge < -0.3 is 9.33 Å². The molecule has 1 amide bonds. The third-order valence-electron chi connectivity index (χ3n) is 6.00. The van der Waals surface area contributed by atoms with Gasteiger partial charge in [-0.25, -0.2) is 0 Å². The first-order valence-electron chi connectivity index (χ1n) is 9.90. The van der Waals surface area contributed by atoms with Gasteiger partial charge in [-0.15, -0.1) is 0 Å². The SMILES string of the molecule is CN(C[Si]1(C)OCCCC[SiH]1C)C(=O)C(F)(F)C(F)(F)C(F)(F)C(F)(F)C(F)(F)C(F)(F)C(F)(F)F. The lowest BCUT2D eigenvalue weighted by Crippen LogP contribution is -2.74. The van der Waals surface area contributed by atoms with Crippen molar-refractivity contribution < 1.29 is 75.1 Å². The Balaban J connectivity index is 3.43.